The largest absolute Gasteiger partial charge is 0.456 e. The SMILES string of the molecule is c1ccc(-c2ccc(-c3ccc(N(c4cccc(C5(c6ccccc6)c6ccccc6-c6ccccc65)c4)c4ccccc4-c4ccc5c(c4)-c4cccc6cccc(c46)O5)cc3)cc2)cc1. The first-order valence-corrected chi connectivity index (χ1v) is 23.1. The molecule has 0 spiro atoms. The van der Waals surface area contributed by atoms with Crippen LogP contribution in [0, 0.1) is 0 Å². The van der Waals surface area contributed by atoms with Crippen molar-refractivity contribution in [2.45, 2.75) is 5.41 Å². The maximum atomic E-state index is 6.58. The molecule has 0 unspecified atom stereocenters. The van der Waals surface area contributed by atoms with E-state index in [9.17, 15) is 0 Å². The van der Waals surface area contributed by atoms with Crippen LogP contribution in [0.15, 0.2) is 261 Å². The Bertz CT molecular complexity index is 3600. The Morgan fingerprint density at radius 1 is 0.299 bits per heavy atom. The van der Waals surface area contributed by atoms with Crippen LogP contribution in [0.5, 0.6) is 11.5 Å². The third-order valence-electron chi connectivity index (χ3n) is 14.0. The lowest BCUT2D eigenvalue weighted by molar-refractivity contribution is 0.487. The van der Waals surface area contributed by atoms with Gasteiger partial charge in [0.25, 0.3) is 0 Å². The van der Waals surface area contributed by atoms with Crippen molar-refractivity contribution >= 4 is 27.8 Å². The van der Waals surface area contributed by atoms with Gasteiger partial charge in [-0.2, -0.15) is 0 Å². The van der Waals surface area contributed by atoms with Crippen molar-refractivity contribution < 1.29 is 4.74 Å². The first kappa shape index (κ1) is 38.7. The second kappa shape index (κ2) is 15.8. The molecule has 0 N–H and O–H groups in total. The Morgan fingerprint density at radius 3 is 1.52 bits per heavy atom. The van der Waals surface area contributed by atoms with E-state index in [-0.39, 0.29) is 0 Å². The van der Waals surface area contributed by atoms with Crippen molar-refractivity contribution in [3.8, 4) is 67.1 Å². The zero-order chi connectivity index (χ0) is 44.3. The van der Waals surface area contributed by atoms with E-state index in [0.717, 1.165) is 56.2 Å². The van der Waals surface area contributed by atoms with Crippen LogP contribution in [0.2, 0.25) is 0 Å². The standard InChI is InChI=1S/C65H43NO/c1-3-16-44(17-4-1)45-32-34-46(35-33-45)47-36-39-52(40-37-47)66(61-30-12-9-24-54(61)49-38-41-62-58(42-49)57-27-13-18-48-19-14-31-63(67-62)64(48)57)53-23-15-22-51(43-53)65(50-20-5-2-6-21-50)59-28-10-7-25-55(59)56-26-8-11-29-60(56)65/h1-43H. The van der Waals surface area contributed by atoms with Crippen LogP contribution in [-0.2, 0) is 5.41 Å². The van der Waals surface area contributed by atoms with E-state index in [1.54, 1.807) is 0 Å². The Kier molecular flexibility index (Phi) is 9.11. The molecule has 0 atom stereocenters. The molecule has 2 aliphatic rings. The predicted molar refractivity (Wildman–Crippen MR) is 278 cm³/mol. The summed E-state index contributed by atoms with van der Waals surface area (Å²) in [7, 11) is 0. The van der Waals surface area contributed by atoms with Gasteiger partial charge >= 0.3 is 0 Å². The Balaban J connectivity index is 0.992. The maximum absolute atomic E-state index is 6.58. The van der Waals surface area contributed by atoms with Crippen LogP contribution in [0.4, 0.5) is 17.1 Å². The molecule has 0 fully saturated rings. The highest BCUT2D eigenvalue weighted by Gasteiger charge is 2.46. The fourth-order valence-electron chi connectivity index (χ4n) is 11.0. The molecular formula is C65H43NO. The number of rotatable bonds is 8. The average Bonchev–Trinajstić information content (AvgIpc) is 3.71. The van der Waals surface area contributed by atoms with E-state index in [1.807, 2.05) is 0 Å². The first-order valence-electron chi connectivity index (χ1n) is 23.1. The normalized spacial score (nSPS) is 12.7. The molecular weight excluding hydrogens is 811 g/mol. The van der Waals surface area contributed by atoms with E-state index < -0.39 is 5.41 Å². The highest BCUT2D eigenvalue weighted by molar-refractivity contribution is 6.05. The maximum Gasteiger partial charge on any atom is 0.135 e. The van der Waals surface area contributed by atoms with Gasteiger partial charge in [-0.25, -0.2) is 0 Å². The lowest BCUT2D eigenvalue weighted by atomic mass is 9.67. The summed E-state index contributed by atoms with van der Waals surface area (Å²) < 4.78 is 6.58. The smallest absolute Gasteiger partial charge is 0.135 e. The molecule has 0 saturated carbocycles. The molecule has 13 rings (SSSR count). The summed E-state index contributed by atoms with van der Waals surface area (Å²) in [6.07, 6.45) is 0. The van der Waals surface area contributed by atoms with Crippen LogP contribution >= 0.6 is 0 Å². The molecule has 67 heavy (non-hydrogen) atoms. The quantitative estimate of drug-likeness (QED) is 0.151. The minimum Gasteiger partial charge on any atom is -0.456 e. The van der Waals surface area contributed by atoms with E-state index >= 15 is 0 Å². The zero-order valence-electron chi connectivity index (χ0n) is 36.7. The third-order valence-corrected chi connectivity index (χ3v) is 14.0. The molecule has 314 valence electrons. The summed E-state index contributed by atoms with van der Waals surface area (Å²) in [5.41, 5.74) is 19.6. The van der Waals surface area contributed by atoms with Gasteiger partial charge in [0.15, 0.2) is 0 Å². The lowest BCUT2D eigenvalue weighted by Gasteiger charge is -2.35. The Labute approximate surface area is 391 Å². The van der Waals surface area contributed by atoms with Crippen LogP contribution < -0.4 is 9.64 Å². The highest BCUT2D eigenvalue weighted by Crippen LogP contribution is 2.57. The molecule has 0 bridgehead atoms. The number of para-hydroxylation sites is 1. The fourth-order valence-corrected chi connectivity index (χ4v) is 11.0. The third kappa shape index (κ3) is 6.26. The zero-order valence-corrected chi connectivity index (χ0v) is 36.7. The number of ether oxygens (including phenoxy) is 1. The van der Waals surface area contributed by atoms with E-state index in [0.29, 0.717) is 0 Å². The Hall–Kier alpha value is -8.72. The minimum atomic E-state index is -0.540. The van der Waals surface area contributed by atoms with Gasteiger partial charge < -0.3 is 9.64 Å². The molecule has 1 aliphatic carbocycles. The first-order chi connectivity index (χ1) is 33.2. The molecule has 1 heterocycles. The van der Waals surface area contributed by atoms with Crippen LogP contribution in [0.25, 0.3) is 66.4 Å². The monoisotopic (exact) mass is 853 g/mol. The van der Waals surface area contributed by atoms with Crippen molar-refractivity contribution in [2.75, 3.05) is 4.90 Å². The summed E-state index contributed by atoms with van der Waals surface area (Å²) in [6.45, 7) is 0. The van der Waals surface area contributed by atoms with Crippen molar-refractivity contribution in [1.82, 2.24) is 0 Å². The van der Waals surface area contributed by atoms with Gasteiger partial charge in [0.2, 0.25) is 0 Å². The molecule has 1 aliphatic heterocycles. The lowest BCUT2D eigenvalue weighted by Crippen LogP contribution is -2.28. The molecule has 2 nitrogen and oxygen atoms in total. The highest BCUT2D eigenvalue weighted by atomic mass is 16.5. The molecule has 2 heteroatoms. The number of anilines is 3. The van der Waals surface area contributed by atoms with E-state index in [2.05, 4.69) is 266 Å². The summed E-state index contributed by atoms with van der Waals surface area (Å²) in [4.78, 5) is 2.44. The number of fused-ring (bicyclic) bond motifs is 5. The molecule has 11 aromatic carbocycles. The second-order valence-corrected chi connectivity index (χ2v) is 17.6. The summed E-state index contributed by atoms with van der Waals surface area (Å²) >= 11 is 0. The Morgan fingerprint density at radius 2 is 0.821 bits per heavy atom. The summed E-state index contributed by atoms with van der Waals surface area (Å²) in [5, 5.41) is 2.33. The van der Waals surface area contributed by atoms with E-state index in [1.165, 1.54) is 61.0 Å². The number of nitrogens with zero attached hydrogens (tertiary/aromatic N) is 1. The van der Waals surface area contributed by atoms with Crippen molar-refractivity contribution in [3.05, 3.63) is 283 Å². The van der Waals surface area contributed by atoms with Crippen LogP contribution in [-0.4, -0.2) is 0 Å². The molecule has 0 aromatic heterocycles. The molecule has 0 radical (unpaired) electrons. The van der Waals surface area contributed by atoms with E-state index in [4.69, 9.17) is 4.74 Å². The van der Waals surface area contributed by atoms with Gasteiger partial charge in [0.05, 0.1) is 11.1 Å². The van der Waals surface area contributed by atoms with Gasteiger partial charge in [-0.1, -0.05) is 212 Å². The van der Waals surface area contributed by atoms with Gasteiger partial charge in [0, 0.05) is 27.9 Å². The summed E-state index contributed by atoms with van der Waals surface area (Å²) in [5.74, 6) is 1.77. The van der Waals surface area contributed by atoms with Crippen molar-refractivity contribution in [2.24, 2.45) is 0 Å². The number of benzene rings is 11. The van der Waals surface area contributed by atoms with Crippen LogP contribution in [0.3, 0.4) is 0 Å². The van der Waals surface area contributed by atoms with Gasteiger partial charge in [-0.3, -0.25) is 0 Å². The number of hydrogen-bond donors (Lipinski definition) is 0. The van der Waals surface area contributed by atoms with Crippen LogP contribution in [0.1, 0.15) is 22.3 Å². The topological polar surface area (TPSA) is 12.5 Å². The molecule has 11 aromatic rings. The van der Waals surface area contributed by atoms with Gasteiger partial charge in [-0.05, 0) is 121 Å². The molecule has 0 saturated heterocycles. The minimum absolute atomic E-state index is 0.540. The predicted octanol–water partition coefficient (Wildman–Crippen LogP) is 17.4. The fraction of sp³-hybridized carbons (Fsp3) is 0.0154. The van der Waals surface area contributed by atoms with Crippen molar-refractivity contribution in [1.29, 1.82) is 0 Å². The van der Waals surface area contributed by atoms with Gasteiger partial charge in [0.1, 0.15) is 11.5 Å². The van der Waals surface area contributed by atoms with Crippen molar-refractivity contribution in [3.63, 3.8) is 0 Å². The second-order valence-electron chi connectivity index (χ2n) is 17.6. The summed E-state index contributed by atoms with van der Waals surface area (Å²) in [6, 6.07) is 95.1. The van der Waals surface area contributed by atoms with Gasteiger partial charge in [-0.15, -0.1) is 0 Å². The average molecular weight is 854 g/mol. The number of hydrogen-bond acceptors (Lipinski definition) is 2. The molecule has 0 amide bonds.